The molecule has 0 radical (unpaired) electrons. The van der Waals surface area contributed by atoms with Gasteiger partial charge in [-0.15, -0.1) is 0 Å². The Hall–Kier alpha value is -4.41. The Morgan fingerprint density at radius 2 is 1.73 bits per heavy atom. The molecule has 2 N–H and O–H groups in total. The molecule has 0 aliphatic carbocycles. The lowest BCUT2D eigenvalue weighted by Gasteiger charge is -2.35. The maximum atomic E-state index is 13.4. The van der Waals surface area contributed by atoms with Crippen molar-refractivity contribution in [2.24, 2.45) is 5.10 Å². The molecule has 1 saturated heterocycles. The highest BCUT2D eigenvalue weighted by molar-refractivity contribution is 9.10. The van der Waals surface area contributed by atoms with Crippen molar-refractivity contribution in [3.8, 4) is 0 Å². The molecule has 1 aliphatic heterocycles. The number of carbonyl (C=O) groups is 2. The van der Waals surface area contributed by atoms with Crippen LogP contribution in [0.5, 0.6) is 0 Å². The smallest absolute Gasteiger partial charge is 0.273 e. The van der Waals surface area contributed by atoms with Gasteiger partial charge in [0.05, 0.1) is 17.5 Å². The molecule has 1 aliphatic rings. The lowest BCUT2D eigenvalue weighted by Crippen LogP contribution is -2.46. The number of nitrogens with one attached hydrogen (secondary N) is 2. The van der Waals surface area contributed by atoms with Crippen molar-refractivity contribution in [3.05, 3.63) is 124 Å². The van der Waals surface area contributed by atoms with Gasteiger partial charge in [0.25, 0.3) is 11.8 Å². The number of carbonyl (C=O) groups excluding carboxylic acids is 2. The maximum Gasteiger partial charge on any atom is 0.273 e. The topological polar surface area (TPSA) is 89.9 Å². The molecule has 2 heterocycles. The van der Waals surface area contributed by atoms with Gasteiger partial charge in [-0.3, -0.25) is 14.5 Å². The third-order valence-electron chi connectivity index (χ3n) is 6.67. The van der Waals surface area contributed by atoms with Crippen molar-refractivity contribution in [2.45, 2.75) is 6.54 Å². The van der Waals surface area contributed by atoms with Crippen LogP contribution in [0.3, 0.4) is 0 Å². The van der Waals surface area contributed by atoms with E-state index in [9.17, 15) is 14.0 Å². The van der Waals surface area contributed by atoms with E-state index in [0.717, 1.165) is 44.1 Å². The van der Waals surface area contributed by atoms with Crippen LogP contribution in [-0.2, 0) is 6.54 Å². The monoisotopic (exact) mass is 614 g/mol. The van der Waals surface area contributed by atoms with Gasteiger partial charge in [0, 0.05) is 49.0 Å². The summed E-state index contributed by atoms with van der Waals surface area (Å²) in [6, 6.07) is 24.3. The predicted molar refractivity (Wildman–Crippen MR) is 162 cm³/mol. The van der Waals surface area contributed by atoms with Crippen molar-refractivity contribution in [1.29, 1.82) is 0 Å². The summed E-state index contributed by atoms with van der Waals surface area (Å²) in [5, 5.41) is 6.74. The third-order valence-corrected chi connectivity index (χ3v) is 7.16. The summed E-state index contributed by atoms with van der Waals surface area (Å²) in [4.78, 5) is 35.0. The van der Waals surface area contributed by atoms with Crippen molar-refractivity contribution in [1.82, 2.24) is 15.3 Å². The van der Waals surface area contributed by atoms with Crippen LogP contribution in [0.1, 0.15) is 31.8 Å². The molecule has 0 atom stereocenters. The normalized spacial score (nSPS) is 13.8. The molecule has 3 aromatic carbocycles. The van der Waals surface area contributed by atoms with E-state index in [1.165, 1.54) is 18.3 Å². The number of hydrogen-bond donors (Lipinski definition) is 2. The van der Waals surface area contributed by atoms with Crippen molar-refractivity contribution in [3.63, 3.8) is 0 Å². The fraction of sp³-hybridized carbons (Fsp3) is 0.161. The zero-order chi connectivity index (χ0) is 28.6. The molecule has 5 rings (SSSR count). The summed E-state index contributed by atoms with van der Waals surface area (Å²) >= 11 is 3.37. The Morgan fingerprint density at radius 3 is 2.46 bits per heavy atom. The average molecular weight is 616 g/mol. The van der Waals surface area contributed by atoms with Gasteiger partial charge in [-0.2, -0.15) is 5.10 Å². The molecule has 1 fully saturated rings. The van der Waals surface area contributed by atoms with Crippen LogP contribution < -0.4 is 15.6 Å². The van der Waals surface area contributed by atoms with E-state index in [4.69, 9.17) is 0 Å². The first-order valence-electron chi connectivity index (χ1n) is 13.1. The molecule has 208 valence electrons. The van der Waals surface area contributed by atoms with E-state index >= 15 is 0 Å². The highest BCUT2D eigenvalue weighted by atomic mass is 79.9. The molecule has 8 nitrogen and oxygen atoms in total. The molecule has 0 unspecified atom stereocenters. The summed E-state index contributed by atoms with van der Waals surface area (Å²) in [5.41, 5.74) is 5.10. The summed E-state index contributed by atoms with van der Waals surface area (Å²) in [6.07, 6.45) is 3.16. The molecule has 0 bridgehead atoms. The minimum atomic E-state index is -0.521. The van der Waals surface area contributed by atoms with Gasteiger partial charge in [0.15, 0.2) is 0 Å². The number of halogens is 2. The first kappa shape index (κ1) is 28.1. The highest BCUT2D eigenvalue weighted by Gasteiger charge is 2.19. The van der Waals surface area contributed by atoms with Crippen molar-refractivity contribution in [2.75, 3.05) is 36.4 Å². The van der Waals surface area contributed by atoms with Gasteiger partial charge in [-0.25, -0.2) is 14.8 Å². The number of aromatic nitrogens is 1. The Kier molecular flexibility index (Phi) is 9.12. The van der Waals surface area contributed by atoms with Crippen LogP contribution in [-0.4, -0.2) is 54.1 Å². The maximum absolute atomic E-state index is 13.4. The highest BCUT2D eigenvalue weighted by Crippen LogP contribution is 2.22. The number of anilines is 2. The Labute approximate surface area is 246 Å². The Balaban J connectivity index is 1.17. The Bertz CT molecular complexity index is 1540. The number of nitrogens with zero attached hydrogens (tertiary/aromatic N) is 4. The lowest BCUT2D eigenvalue weighted by atomic mass is 10.1. The summed E-state index contributed by atoms with van der Waals surface area (Å²) in [7, 11) is 0. The molecular weight excluding hydrogens is 587 g/mol. The standard InChI is InChI=1S/C31H28BrFN6O2/c32-25-11-12-28(27(19-25)31(41)37-35-20-23-4-3-5-26(33)18-23)36-30(40)24-9-7-22(8-10-24)21-38-14-16-39(17-15-38)29-6-1-2-13-34-29/h1-13,18-20H,14-17,21H2,(H,36,40)(H,37,41). The summed E-state index contributed by atoms with van der Waals surface area (Å²) < 4.78 is 14.0. The molecule has 0 spiro atoms. The number of benzene rings is 3. The molecule has 2 amide bonds. The minimum absolute atomic E-state index is 0.227. The number of hydrogen-bond acceptors (Lipinski definition) is 6. The van der Waals surface area contributed by atoms with Crippen LogP contribution in [0, 0.1) is 5.82 Å². The van der Waals surface area contributed by atoms with E-state index in [0.29, 0.717) is 21.3 Å². The molecule has 0 saturated carbocycles. The predicted octanol–water partition coefficient (Wildman–Crippen LogP) is 5.32. The SMILES string of the molecule is O=C(Nc1ccc(Br)cc1C(=O)NN=Cc1cccc(F)c1)c1ccc(CN2CCN(c3ccccn3)CC2)cc1. The lowest BCUT2D eigenvalue weighted by molar-refractivity contribution is 0.0956. The van der Waals surface area contributed by atoms with Crippen LogP contribution in [0.4, 0.5) is 15.9 Å². The second-order valence-corrected chi connectivity index (χ2v) is 10.5. The zero-order valence-electron chi connectivity index (χ0n) is 22.1. The second kappa shape index (κ2) is 13.3. The van der Waals surface area contributed by atoms with Crippen LogP contribution in [0.2, 0.25) is 0 Å². The summed E-state index contributed by atoms with van der Waals surface area (Å²) in [6.45, 7) is 4.48. The number of rotatable bonds is 8. The van der Waals surface area contributed by atoms with Gasteiger partial charge in [-0.1, -0.05) is 46.3 Å². The van der Waals surface area contributed by atoms with Crippen LogP contribution in [0.15, 0.2) is 101 Å². The van der Waals surface area contributed by atoms with Crippen molar-refractivity contribution < 1.29 is 14.0 Å². The zero-order valence-corrected chi connectivity index (χ0v) is 23.7. The van der Waals surface area contributed by atoms with Gasteiger partial charge < -0.3 is 10.2 Å². The fourth-order valence-electron chi connectivity index (χ4n) is 4.52. The average Bonchev–Trinajstić information content (AvgIpc) is 2.99. The third kappa shape index (κ3) is 7.62. The molecule has 1 aromatic heterocycles. The van der Waals surface area contributed by atoms with E-state index in [1.54, 1.807) is 42.5 Å². The Morgan fingerprint density at radius 1 is 0.927 bits per heavy atom. The van der Waals surface area contributed by atoms with E-state index in [-0.39, 0.29) is 11.5 Å². The van der Waals surface area contributed by atoms with Crippen LogP contribution >= 0.6 is 15.9 Å². The number of pyridine rings is 1. The largest absolute Gasteiger partial charge is 0.354 e. The van der Waals surface area contributed by atoms with Gasteiger partial charge in [0.1, 0.15) is 11.6 Å². The van der Waals surface area contributed by atoms with E-state index in [2.05, 4.69) is 46.6 Å². The van der Waals surface area contributed by atoms with Gasteiger partial charge in [0.2, 0.25) is 0 Å². The number of hydrazone groups is 1. The second-order valence-electron chi connectivity index (χ2n) is 9.55. The first-order chi connectivity index (χ1) is 19.9. The quantitative estimate of drug-likeness (QED) is 0.207. The molecule has 10 heteroatoms. The van der Waals surface area contributed by atoms with Crippen molar-refractivity contribution >= 4 is 45.5 Å². The number of amides is 2. The van der Waals surface area contributed by atoms with Gasteiger partial charge >= 0.3 is 0 Å². The minimum Gasteiger partial charge on any atom is -0.354 e. The first-order valence-corrected chi connectivity index (χ1v) is 13.9. The molecule has 4 aromatic rings. The summed E-state index contributed by atoms with van der Waals surface area (Å²) in [5.74, 6) is -0.247. The molecular formula is C31H28BrFN6O2. The van der Waals surface area contributed by atoms with E-state index < -0.39 is 11.7 Å². The fourth-order valence-corrected chi connectivity index (χ4v) is 4.88. The van der Waals surface area contributed by atoms with E-state index in [1.807, 2.05) is 36.5 Å². The van der Waals surface area contributed by atoms with Gasteiger partial charge in [-0.05, 0) is 65.7 Å². The number of piperazine rings is 1. The molecule has 41 heavy (non-hydrogen) atoms. The van der Waals surface area contributed by atoms with Crippen LogP contribution in [0.25, 0.3) is 0 Å².